The molecule has 0 aliphatic heterocycles. The summed E-state index contributed by atoms with van der Waals surface area (Å²) >= 11 is 13.7. The van der Waals surface area contributed by atoms with Gasteiger partial charge < -0.3 is 0 Å². The number of aromatic nitrogens is 2. The van der Waals surface area contributed by atoms with Gasteiger partial charge in [-0.1, -0.05) is 44.0 Å². The van der Waals surface area contributed by atoms with Crippen LogP contribution in [0, 0.1) is 6.92 Å². The first kappa shape index (κ1) is 13.8. The average molecular weight is 301 g/mol. The number of hydrogen-bond acceptors (Lipinski definition) is 3. The fraction of sp³-hybridized carbons (Fsp3) is 0.385. The molecule has 0 N–H and O–H groups in total. The van der Waals surface area contributed by atoms with Crippen molar-refractivity contribution in [2.24, 2.45) is 0 Å². The SMILES string of the molecule is Cc1c(Cl)nc(-c2ccc(C(C)(C)C)s2)nc1Cl. The van der Waals surface area contributed by atoms with Gasteiger partial charge in [-0.15, -0.1) is 11.3 Å². The van der Waals surface area contributed by atoms with Crippen molar-refractivity contribution in [2.45, 2.75) is 33.1 Å². The third-order valence-corrected chi connectivity index (χ3v) is 4.84. The van der Waals surface area contributed by atoms with Gasteiger partial charge >= 0.3 is 0 Å². The van der Waals surface area contributed by atoms with Gasteiger partial charge in [-0.05, 0) is 24.5 Å². The van der Waals surface area contributed by atoms with Crippen LogP contribution < -0.4 is 0 Å². The highest BCUT2D eigenvalue weighted by Gasteiger charge is 2.18. The van der Waals surface area contributed by atoms with Gasteiger partial charge in [-0.25, -0.2) is 9.97 Å². The molecule has 0 aromatic carbocycles. The van der Waals surface area contributed by atoms with Crippen LogP contribution in [0.4, 0.5) is 0 Å². The van der Waals surface area contributed by atoms with E-state index in [1.54, 1.807) is 11.3 Å². The van der Waals surface area contributed by atoms with Gasteiger partial charge in [0.25, 0.3) is 0 Å². The summed E-state index contributed by atoms with van der Waals surface area (Å²) in [5.74, 6) is 0.594. The molecule has 2 rings (SSSR count). The molecule has 0 amide bonds. The first-order chi connectivity index (χ1) is 8.29. The molecule has 0 bridgehead atoms. The normalized spacial score (nSPS) is 11.9. The minimum absolute atomic E-state index is 0.126. The van der Waals surface area contributed by atoms with Crippen molar-refractivity contribution in [3.8, 4) is 10.7 Å². The maximum Gasteiger partial charge on any atom is 0.172 e. The quantitative estimate of drug-likeness (QED) is 0.683. The van der Waals surface area contributed by atoms with Gasteiger partial charge in [0.15, 0.2) is 5.82 Å². The van der Waals surface area contributed by atoms with Crippen LogP contribution >= 0.6 is 34.5 Å². The number of hydrogen-bond donors (Lipinski definition) is 0. The molecule has 5 heteroatoms. The van der Waals surface area contributed by atoms with Gasteiger partial charge in [0.05, 0.1) is 4.88 Å². The minimum atomic E-state index is 0.126. The first-order valence-corrected chi connectivity index (χ1v) is 7.16. The number of halogens is 2. The second-order valence-corrected chi connectivity index (χ2v) is 6.97. The molecule has 2 aromatic heterocycles. The maximum atomic E-state index is 6.03. The van der Waals surface area contributed by atoms with Crippen LogP contribution in [0.1, 0.15) is 31.2 Å². The summed E-state index contributed by atoms with van der Waals surface area (Å²) in [6.07, 6.45) is 0. The predicted octanol–water partition coefficient (Wildman–Crippen LogP) is 5.12. The molecular formula is C13H14Cl2N2S. The van der Waals surface area contributed by atoms with E-state index in [0.29, 0.717) is 16.1 Å². The van der Waals surface area contributed by atoms with Gasteiger partial charge in [0, 0.05) is 10.4 Å². The van der Waals surface area contributed by atoms with Crippen LogP contribution in [-0.4, -0.2) is 9.97 Å². The van der Waals surface area contributed by atoms with Crippen molar-refractivity contribution in [1.82, 2.24) is 9.97 Å². The Hall–Kier alpha value is -0.640. The average Bonchev–Trinajstić information content (AvgIpc) is 2.73. The number of rotatable bonds is 1. The molecule has 0 radical (unpaired) electrons. The molecule has 0 aliphatic rings. The van der Waals surface area contributed by atoms with Crippen LogP contribution in [0.15, 0.2) is 12.1 Å². The Morgan fingerprint density at radius 3 is 2.06 bits per heavy atom. The molecule has 0 fully saturated rings. The van der Waals surface area contributed by atoms with Gasteiger partial charge in [0.1, 0.15) is 10.3 Å². The van der Waals surface area contributed by atoms with Crippen LogP contribution in [0.3, 0.4) is 0 Å². The summed E-state index contributed by atoms with van der Waals surface area (Å²) < 4.78 is 0. The number of thiophene rings is 1. The molecule has 2 heterocycles. The lowest BCUT2D eigenvalue weighted by molar-refractivity contribution is 0.604. The topological polar surface area (TPSA) is 25.8 Å². The Morgan fingerprint density at radius 1 is 1.06 bits per heavy atom. The van der Waals surface area contributed by atoms with E-state index in [-0.39, 0.29) is 5.41 Å². The van der Waals surface area contributed by atoms with Crippen molar-refractivity contribution in [3.05, 3.63) is 32.9 Å². The van der Waals surface area contributed by atoms with Gasteiger partial charge in [-0.2, -0.15) is 0 Å². The highest BCUT2D eigenvalue weighted by atomic mass is 35.5. The molecule has 0 aliphatic carbocycles. The molecule has 18 heavy (non-hydrogen) atoms. The van der Waals surface area contributed by atoms with Crippen LogP contribution in [0.25, 0.3) is 10.7 Å². The van der Waals surface area contributed by atoms with E-state index in [0.717, 1.165) is 10.4 Å². The van der Waals surface area contributed by atoms with Crippen molar-refractivity contribution in [1.29, 1.82) is 0 Å². The van der Waals surface area contributed by atoms with E-state index in [1.165, 1.54) is 4.88 Å². The summed E-state index contributed by atoms with van der Waals surface area (Å²) in [4.78, 5) is 10.8. The molecule has 0 saturated heterocycles. The van der Waals surface area contributed by atoms with E-state index in [1.807, 2.05) is 13.0 Å². The van der Waals surface area contributed by atoms with E-state index < -0.39 is 0 Å². The molecular weight excluding hydrogens is 287 g/mol. The van der Waals surface area contributed by atoms with Crippen LogP contribution in [-0.2, 0) is 5.41 Å². The number of nitrogens with zero attached hydrogens (tertiary/aromatic N) is 2. The van der Waals surface area contributed by atoms with Gasteiger partial charge in [-0.3, -0.25) is 0 Å². The second kappa shape index (κ2) is 4.80. The Balaban J connectivity index is 2.47. The Bertz CT molecular complexity index is 562. The summed E-state index contributed by atoms with van der Waals surface area (Å²) in [5, 5.41) is 0.825. The standard InChI is InChI=1S/C13H14Cl2N2S/c1-7-10(14)16-12(17-11(7)15)8-5-6-9(18-8)13(2,3)4/h5-6H,1-4H3. The molecule has 96 valence electrons. The van der Waals surface area contributed by atoms with Crippen molar-refractivity contribution >= 4 is 34.5 Å². The summed E-state index contributed by atoms with van der Waals surface area (Å²) in [6.45, 7) is 8.35. The zero-order valence-electron chi connectivity index (χ0n) is 10.7. The Kier molecular flexibility index (Phi) is 3.67. The Labute approximate surface area is 121 Å². The third-order valence-electron chi connectivity index (χ3n) is 2.59. The van der Waals surface area contributed by atoms with Crippen LogP contribution in [0.5, 0.6) is 0 Å². The van der Waals surface area contributed by atoms with E-state index in [9.17, 15) is 0 Å². The highest BCUT2D eigenvalue weighted by Crippen LogP contribution is 2.34. The molecule has 2 nitrogen and oxygen atoms in total. The zero-order chi connectivity index (χ0) is 13.5. The fourth-order valence-electron chi connectivity index (χ4n) is 1.44. The second-order valence-electron chi connectivity index (χ2n) is 5.17. The van der Waals surface area contributed by atoms with E-state index in [2.05, 4.69) is 36.8 Å². The van der Waals surface area contributed by atoms with Crippen LogP contribution in [0.2, 0.25) is 10.3 Å². The summed E-state index contributed by atoms with van der Waals surface area (Å²) in [7, 11) is 0. The van der Waals surface area contributed by atoms with E-state index in [4.69, 9.17) is 23.2 Å². The zero-order valence-corrected chi connectivity index (χ0v) is 13.0. The fourth-order valence-corrected chi connectivity index (χ4v) is 2.82. The Morgan fingerprint density at radius 2 is 1.61 bits per heavy atom. The van der Waals surface area contributed by atoms with Gasteiger partial charge in [0.2, 0.25) is 0 Å². The van der Waals surface area contributed by atoms with Crippen molar-refractivity contribution in [3.63, 3.8) is 0 Å². The molecule has 0 spiro atoms. The van der Waals surface area contributed by atoms with Crippen molar-refractivity contribution < 1.29 is 0 Å². The molecule has 0 unspecified atom stereocenters. The largest absolute Gasteiger partial charge is 0.215 e. The minimum Gasteiger partial charge on any atom is -0.215 e. The van der Waals surface area contributed by atoms with E-state index >= 15 is 0 Å². The third kappa shape index (κ3) is 2.68. The molecule has 0 saturated carbocycles. The molecule has 2 aromatic rings. The smallest absolute Gasteiger partial charge is 0.172 e. The molecule has 0 atom stereocenters. The van der Waals surface area contributed by atoms with Crippen molar-refractivity contribution in [2.75, 3.05) is 0 Å². The lowest BCUT2D eigenvalue weighted by Crippen LogP contribution is -2.07. The summed E-state index contributed by atoms with van der Waals surface area (Å²) in [5.41, 5.74) is 0.843. The maximum absolute atomic E-state index is 6.03. The first-order valence-electron chi connectivity index (χ1n) is 5.59. The monoisotopic (exact) mass is 300 g/mol. The lowest BCUT2D eigenvalue weighted by Gasteiger charge is -2.15. The summed E-state index contributed by atoms with van der Waals surface area (Å²) in [6, 6.07) is 4.12. The predicted molar refractivity (Wildman–Crippen MR) is 78.8 cm³/mol. The highest BCUT2D eigenvalue weighted by molar-refractivity contribution is 7.15. The lowest BCUT2D eigenvalue weighted by atomic mass is 9.95.